The predicted molar refractivity (Wildman–Crippen MR) is 140 cm³/mol. The number of nitrogens with zero attached hydrogens (tertiary/aromatic N) is 5. The Hall–Kier alpha value is -3.58. The van der Waals surface area contributed by atoms with Crippen LogP contribution < -0.4 is 10.9 Å². The SMILES string of the molecule is O=C(NCC(F)(F)F)c1cc(-c2cnn3cc(-c4ccn(CCCN5CCCC(F)C5)c(=O)c4)cnc23)cs1. The third-order valence-corrected chi connectivity index (χ3v) is 7.52. The molecule has 1 saturated heterocycles. The summed E-state index contributed by atoms with van der Waals surface area (Å²) in [5, 5.41) is 7.86. The van der Waals surface area contributed by atoms with Crippen molar-refractivity contribution in [1.82, 2.24) is 29.4 Å². The first-order valence-corrected chi connectivity index (χ1v) is 13.4. The highest BCUT2D eigenvalue weighted by atomic mass is 32.1. The highest BCUT2D eigenvalue weighted by molar-refractivity contribution is 7.12. The van der Waals surface area contributed by atoms with Crippen molar-refractivity contribution in [3.63, 3.8) is 0 Å². The van der Waals surface area contributed by atoms with Crippen LogP contribution in [0.5, 0.6) is 0 Å². The number of likely N-dealkylation sites (tertiary alicyclic amines) is 1. The Morgan fingerprint density at radius 1 is 1.15 bits per heavy atom. The first-order valence-electron chi connectivity index (χ1n) is 12.5. The molecule has 1 aliphatic rings. The Bertz CT molecular complexity index is 1530. The van der Waals surface area contributed by atoms with Gasteiger partial charge < -0.3 is 14.8 Å². The molecule has 5 heterocycles. The number of hydrogen-bond acceptors (Lipinski definition) is 6. The molecule has 4 aromatic rings. The van der Waals surface area contributed by atoms with Gasteiger partial charge in [-0.2, -0.15) is 18.3 Å². The summed E-state index contributed by atoms with van der Waals surface area (Å²) in [5.74, 6) is -0.801. The number of thiophene rings is 1. The van der Waals surface area contributed by atoms with Gasteiger partial charge in [-0.3, -0.25) is 9.59 Å². The number of hydrogen-bond donors (Lipinski definition) is 1. The standard InChI is InChI=1S/C26H26F4N6O2S/c27-20-3-1-5-34(14-20)6-2-7-35-8-4-17(10-23(35)37)19-11-31-24-21(12-33-36(24)13-19)18-9-22(39-15-18)25(38)32-16-26(28,29)30/h4,8-13,15,20H,1-3,5-7,14,16H2,(H,32,38). The number of halogens is 4. The molecule has 1 unspecified atom stereocenters. The largest absolute Gasteiger partial charge is 0.405 e. The topological polar surface area (TPSA) is 84.5 Å². The van der Waals surface area contributed by atoms with E-state index in [1.165, 1.54) is 12.1 Å². The van der Waals surface area contributed by atoms with E-state index < -0.39 is 24.8 Å². The van der Waals surface area contributed by atoms with Crippen LogP contribution in [0, 0.1) is 0 Å². The minimum atomic E-state index is -4.49. The molecule has 0 saturated carbocycles. The summed E-state index contributed by atoms with van der Waals surface area (Å²) in [6.07, 6.45) is 3.65. The molecule has 206 valence electrons. The van der Waals surface area contributed by atoms with Gasteiger partial charge >= 0.3 is 6.18 Å². The zero-order valence-electron chi connectivity index (χ0n) is 20.8. The van der Waals surface area contributed by atoms with Crippen molar-refractivity contribution in [2.75, 3.05) is 26.2 Å². The summed E-state index contributed by atoms with van der Waals surface area (Å²) >= 11 is 1.03. The van der Waals surface area contributed by atoms with Gasteiger partial charge in [0.2, 0.25) is 0 Å². The summed E-state index contributed by atoms with van der Waals surface area (Å²) in [7, 11) is 0. The van der Waals surface area contributed by atoms with Gasteiger partial charge in [0.05, 0.1) is 11.1 Å². The Labute approximate surface area is 224 Å². The number of carbonyl (C=O) groups is 1. The number of piperidine rings is 1. The van der Waals surface area contributed by atoms with Gasteiger partial charge in [-0.05, 0) is 61.0 Å². The lowest BCUT2D eigenvalue weighted by Gasteiger charge is -2.28. The van der Waals surface area contributed by atoms with Crippen LogP contribution in [0.4, 0.5) is 17.6 Å². The first-order chi connectivity index (χ1) is 18.7. The Balaban J connectivity index is 1.26. The van der Waals surface area contributed by atoms with Crippen molar-refractivity contribution in [1.29, 1.82) is 0 Å². The van der Waals surface area contributed by atoms with Crippen LogP contribution in [0.3, 0.4) is 0 Å². The highest BCUT2D eigenvalue weighted by Crippen LogP contribution is 2.29. The van der Waals surface area contributed by atoms with Gasteiger partial charge in [-0.25, -0.2) is 13.9 Å². The summed E-state index contributed by atoms with van der Waals surface area (Å²) in [4.78, 5) is 31.5. The summed E-state index contributed by atoms with van der Waals surface area (Å²) in [6, 6.07) is 4.87. The molecule has 4 aromatic heterocycles. The van der Waals surface area contributed by atoms with E-state index in [2.05, 4.69) is 15.0 Å². The summed E-state index contributed by atoms with van der Waals surface area (Å²) in [5.41, 5.74) is 2.95. The maximum absolute atomic E-state index is 13.6. The third-order valence-electron chi connectivity index (χ3n) is 6.59. The van der Waals surface area contributed by atoms with Gasteiger partial charge in [0, 0.05) is 48.9 Å². The number of amides is 1. The third kappa shape index (κ3) is 6.53. The van der Waals surface area contributed by atoms with Crippen LogP contribution in [-0.2, 0) is 6.54 Å². The van der Waals surface area contributed by atoms with Gasteiger partial charge in [0.15, 0.2) is 5.65 Å². The zero-order valence-corrected chi connectivity index (χ0v) is 21.6. The van der Waals surface area contributed by atoms with E-state index in [0.717, 1.165) is 37.3 Å². The molecule has 1 amide bonds. The lowest BCUT2D eigenvalue weighted by molar-refractivity contribution is -0.123. The average molecular weight is 563 g/mol. The average Bonchev–Trinajstić information content (AvgIpc) is 3.55. The number of alkyl halides is 4. The Morgan fingerprint density at radius 2 is 2.00 bits per heavy atom. The molecular formula is C26H26F4N6O2S. The molecule has 0 spiro atoms. The van der Waals surface area contributed by atoms with Crippen molar-refractivity contribution >= 4 is 22.9 Å². The van der Waals surface area contributed by atoms with E-state index in [4.69, 9.17) is 0 Å². The van der Waals surface area contributed by atoms with Gasteiger partial charge in [0.25, 0.3) is 11.5 Å². The lowest BCUT2D eigenvalue weighted by Crippen LogP contribution is -2.37. The van der Waals surface area contributed by atoms with Crippen molar-refractivity contribution in [2.24, 2.45) is 0 Å². The number of pyridine rings is 1. The van der Waals surface area contributed by atoms with E-state index in [-0.39, 0.29) is 10.4 Å². The number of aryl methyl sites for hydroxylation is 1. The maximum atomic E-state index is 13.6. The molecule has 0 aromatic carbocycles. The van der Waals surface area contributed by atoms with Crippen LogP contribution in [0.15, 0.2) is 53.2 Å². The quantitative estimate of drug-likeness (QED) is 0.322. The molecule has 13 heteroatoms. The maximum Gasteiger partial charge on any atom is 0.405 e. The molecular weight excluding hydrogens is 536 g/mol. The van der Waals surface area contributed by atoms with Crippen LogP contribution in [0.1, 0.15) is 28.9 Å². The van der Waals surface area contributed by atoms with Crippen molar-refractivity contribution in [2.45, 2.75) is 38.2 Å². The Kier molecular flexibility index (Phi) is 7.80. The molecule has 8 nitrogen and oxygen atoms in total. The first kappa shape index (κ1) is 27.0. The molecule has 1 N–H and O–H groups in total. The smallest absolute Gasteiger partial charge is 0.342 e. The molecule has 0 radical (unpaired) electrons. The molecule has 1 atom stereocenters. The van der Waals surface area contributed by atoms with Gasteiger partial charge in [0.1, 0.15) is 12.7 Å². The van der Waals surface area contributed by atoms with Crippen LogP contribution in [0.2, 0.25) is 0 Å². The van der Waals surface area contributed by atoms with Crippen LogP contribution in [-0.4, -0.2) is 68.5 Å². The lowest BCUT2D eigenvalue weighted by atomic mass is 10.1. The highest BCUT2D eigenvalue weighted by Gasteiger charge is 2.28. The van der Waals surface area contributed by atoms with E-state index >= 15 is 0 Å². The number of fused-ring (bicyclic) bond motifs is 1. The zero-order chi connectivity index (χ0) is 27.6. The molecule has 39 heavy (non-hydrogen) atoms. The van der Waals surface area contributed by atoms with Crippen molar-refractivity contribution < 1.29 is 22.4 Å². The van der Waals surface area contributed by atoms with Crippen LogP contribution >= 0.6 is 11.3 Å². The monoisotopic (exact) mass is 562 g/mol. The second-order valence-corrected chi connectivity index (χ2v) is 10.4. The van der Waals surface area contributed by atoms with Gasteiger partial charge in [-0.15, -0.1) is 11.3 Å². The Morgan fingerprint density at radius 3 is 2.77 bits per heavy atom. The van der Waals surface area contributed by atoms with Crippen molar-refractivity contribution in [3.05, 3.63) is 63.6 Å². The number of aromatic nitrogens is 4. The van der Waals surface area contributed by atoms with E-state index in [9.17, 15) is 27.2 Å². The summed E-state index contributed by atoms with van der Waals surface area (Å²) in [6.45, 7) is 1.25. The van der Waals surface area contributed by atoms with Crippen molar-refractivity contribution in [3.8, 4) is 22.3 Å². The fourth-order valence-corrected chi connectivity index (χ4v) is 5.45. The minimum Gasteiger partial charge on any atom is -0.342 e. The fourth-order valence-electron chi connectivity index (χ4n) is 4.63. The van der Waals surface area contributed by atoms with E-state index in [1.54, 1.807) is 39.2 Å². The molecule has 1 aliphatic heterocycles. The van der Waals surface area contributed by atoms with Gasteiger partial charge in [-0.1, -0.05) is 0 Å². The molecule has 0 aliphatic carbocycles. The number of rotatable bonds is 8. The number of carbonyl (C=O) groups excluding carboxylic acids is 1. The molecule has 5 rings (SSSR count). The van der Waals surface area contributed by atoms with Crippen LogP contribution in [0.25, 0.3) is 27.9 Å². The number of nitrogens with one attached hydrogen (secondary N) is 1. The molecule has 0 bridgehead atoms. The van der Waals surface area contributed by atoms with E-state index in [1.807, 2.05) is 11.4 Å². The molecule has 1 fully saturated rings. The normalized spacial score (nSPS) is 16.6. The second-order valence-electron chi connectivity index (χ2n) is 9.51. The predicted octanol–water partition coefficient (Wildman–Crippen LogP) is 4.40. The fraction of sp³-hybridized carbons (Fsp3) is 0.385. The second kappa shape index (κ2) is 11.3. The summed E-state index contributed by atoms with van der Waals surface area (Å²) < 4.78 is 53.9. The minimum absolute atomic E-state index is 0.147. The van der Waals surface area contributed by atoms with E-state index in [0.29, 0.717) is 47.4 Å².